The number of aromatic hydroxyl groups is 1. The zero-order valence-electron chi connectivity index (χ0n) is 71.2. The van der Waals surface area contributed by atoms with E-state index in [0.717, 1.165) is 42.9 Å². The topological polar surface area (TPSA) is 556 Å². The highest BCUT2D eigenvalue weighted by Crippen LogP contribution is 2.25. The number of carboxylic acid groups (broad SMARTS) is 1. The average molecular weight is 1750 g/mol. The predicted molar refractivity (Wildman–Crippen MR) is 465 cm³/mol. The molecule has 38 heteroatoms. The molecule has 672 valence electrons. The van der Waals surface area contributed by atoms with Gasteiger partial charge in [0.1, 0.15) is 66.2 Å². The first-order valence-corrected chi connectivity index (χ1v) is 42.3. The van der Waals surface area contributed by atoms with Crippen LogP contribution < -0.4 is 65.1 Å². The number of primary amides is 2. The fourth-order valence-corrected chi connectivity index (χ4v) is 15.1. The van der Waals surface area contributed by atoms with Crippen molar-refractivity contribution in [1.29, 1.82) is 5.41 Å². The number of H-pyrrole nitrogens is 1. The minimum Gasteiger partial charge on any atom is -0.508 e. The number of phenols is 1. The maximum absolute atomic E-state index is 15.2. The number of thioether (sulfide) groups is 1. The molecule has 0 aliphatic carbocycles. The highest BCUT2D eigenvalue weighted by molar-refractivity contribution is 8.00. The van der Waals surface area contributed by atoms with Gasteiger partial charge < -0.3 is 105 Å². The van der Waals surface area contributed by atoms with Crippen LogP contribution in [0.3, 0.4) is 0 Å². The predicted octanol–water partition coefficient (Wildman–Crippen LogP) is -0.254. The van der Waals surface area contributed by atoms with Crippen LogP contribution in [-0.4, -0.2) is 273 Å². The number of nitrogens with zero attached hydrogens (tertiary/aromatic N) is 5. The maximum Gasteiger partial charge on any atom is 0.303 e. The molecular weight excluding hydrogens is 1630 g/mol. The number of hydrogen-bond acceptors (Lipinski definition) is 19. The molecule has 37 nitrogen and oxygen atoms in total. The van der Waals surface area contributed by atoms with E-state index >= 15 is 4.79 Å². The first kappa shape index (κ1) is 98.7. The number of likely N-dealkylation sites (N-methyl/N-ethyl adjacent to an activating group) is 4. The number of nitrogens with one attached hydrogen (secondary N) is 11. The van der Waals surface area contributed by atoms with Gasteiger partial charge in [-0.1, -0.05) is 142 Å². The van der Waals surface area contributed by atoms with Crippen LogP contribution in [0.4, 0.5) is 0 Å². The van der Waals surface area contributed by atoms with Gasteiger partial charge in [-0.25, -0.2) is 0 Å². The molecular formula is C87H115N19O18S. The lowest BCUT2D eigenvalue weighted by Gasteiger charge is -2.34. The van der Waals surface area contributed by atoms with Gasteiger partial charge in [0.15, 0.2) is 5.96 Å². The summed E-state index contributed by atoms with van der Waals surface area (Å²) in [7, 11) is 5.32. The van der Waals surface area contributed by atoms with Crippen molar-refractivity contribution >= 4 is 123 Å². The largest absolute Gasteiger partial charge is 0.508 e. The van der Waals surface area contributed by atoms with Crippen LogP contribution in [0.5, 0.6) is 5.75 Å². The van der Waals surface area contributed by atoms with Gasteiger partial charge in [-0.05, 0) is 90.5 Å². The summed E-state index contributed by atoms with van der Waals surface area (Å²) in [4.78, 5) is 232. The van der Waals surface area contributed by atoms with Crippen LogP contribution in [0.15, 0.2) is 146 Å². The van der Waals surface area contributed by atoms with Crippen molar-refractivity contribution in [2.45, 2.75) is 165 Å². The van der Waals surface area contributed by atoms with Crippen LogP contribution in [0.1, 0.15) is 100.0 Å². The van der Waals surface area contributed by atoms with E-state index in [1.54, 1.807) is 99.9 Å². The van der Waals surface area contributed by atoms with Crippen molar-refractivity contribution in [3.05, 3.63) is 174 Å². The van der Waals surface area contributed by atoms with Gasteiger partial charge in [0.25, 0.3) is 0 Å². The monoisotopic (exact) mass is 1750 g/mol. The van der Waals surface area contributed by atoms with E-state index in [0.29, 0.717) is 35.1 Å². The fourth-order valence-electron chi connectivity index (χ4n) is 14.3. The molecule has 10 atom stereocenters. The van der Waals surface area contributed by atoms with E-state index in [2.05, 4.69) is 52.8 Å². The summed E-state index contributed by atoms with van der Waals surface area (Å²) < 4.78 is 0. The summed E-state index contributed by atoms with van der Waals surface area (Å²) in [5.41, 5.74) is 20.4. The number of aromatic amines is 1. The molecule has 5 aromatic carbocycles. The molecule has 6 aromatic rings. The summed E-state index contributed by atoms with van der Waals surface area (Å²) in [6, 6.07) is 25.5. The van der Waals surface area contributed by atoms with Crippen molar-refractivity contribution in [2.75, 3.05) is 72.4 Å². The van der Waals surface area contributed by atoms with Crippen molar-refractivity contribution in [3.63, 3.8) is 0 Å². The molecule has 0 bridgehead atoms. The number of rotatable bonds is 49. The Morgan fingerprint density at radius 2 is 1.09 bits per heavy atom. The first-order chi connectivity index (χ1) is 59.5. The lowest BCUT2D eigenvalue weighted by Crippen LogP contribution is -2.59. The third-order valence-electron chi connectivity index (χ3n) is 21.0. The normalized spacial score (nSPS) is 14.4. The molecule has 1 fully saturated rings. The van der Waals surface area contributed by atoms with Gasteiger partial charge in [-0.2, -0.15) is 0 Å². The van der Waals surface area contributed by atoms with Gasteiger partial charge >= 0.3 is 5.97 Å². The van der Waals surface area contributed by atoms with Crippen LogP contribution in [0, 0.1) is 11.3 Å². The molecule has 1 aliphatic heterocycles. The number of phenolic OH excluding ortho intramolecular Hbond substituents is 1. The van der Waals surface area contributed by atoms with Crippen molar-refractivity contribution < 1.29 is 86.9 Å². The fraction of sp³-hybridized carbons (Fsp3) is 0.437. The maximum atomic E-state index is 15.2. The number of carbonyl (C=O) groups is 16. The molecule has 1 aromatic heterocycles. The highest BCUT2D eigenvalue weighted by atomic mass is 32.2. The number of para-hydroxylation sites is 1. The number of carbonyl (C=O) groups excluding carboxylic acids is 15. The number of nitrogens with two attached hydrogens (primary N) is 3. The molecule has 1 aliphatic rings. The van der Waals surface area contributed by atoms with Crippen LogP contribution in [0.25, 0.3) is 10.9 Å². The van der Waals surface area contributed by atoms with E-state index in [1.165, 1.54) is 55.2 Å². The number of amides is 15. The van der Waals surface area contributed by atoms with Gasteiger partial charge in [-0.15, -0.1) is 11.8 Å². The molecule has 2 heterocycles. The molecule has 0 spiro atoms. The quantitative estimate of drug-likeness (QED) is 0.0133. The standard InChI is InChI=1S/C87H115N19O18S/c1-8-22-74(112)104(6)69(44-55-27-16-11-17-28-55)86(124)106-40-21-32-67(106)81(119)100-66(78(116)94-47-70(88)108)50-125-51-73(111)96-64(41-53-23-12-9-13-24-53)80(118)101-76(52(2)3)82(120)98-62(37-38-75(113)114)83(121)102(4)48-72(110)97-65(42-56-33-35-58(107)36-34-56)84(122)105(7)68(43-54-25-14-10-15-26-54)85(123)103(5)49-71(109)95-61(31-20-39-92-87(90)91)79(117)99-63(77(89)115)45-57-46-93-60-30-19-18-29-59(57)60/h9-19,23-30,33-36,46,52,61-69,76,93,107H,8,20-22,31-32,37-45,47-51H2,1-7H3,(H2,88,108)(H2,89,115)(H,94,116)(H,95,109)(H,96,111)(H,97,110)(H,98,120)(H,99,117)(H,100,119)(H,101,118)(H,113,114)(H4,90,91,92)/t61-,62-,63-,64-,65-,66-,67-,68-,69-,76?/m0/s1. The van der Waals surface area contributed by atoms with Crippen LogP contribution >= 0.6 is 11.8 Å². The van der Waals surface area contributed by atoms with Crippen LogP contribution in [0.2, 0.25) is 0 Å². The van der Waals surface area contributed by atoms with E-state index < -0.39 is 193 Å². The molecule has 19 N–H and O–H groups in total. The highest BCUT2D eigenvalue weighted by Gasteiger charge is 2.42. The number of carboxylic acids is 1. The Hall–Kier alpha value is -13.4. The Kier molecular flexibility index (Phi) is 38.7. The second kappa shape index (κ2) is 49.0. The molecule has 7 rings (SSSR count). The van der Waals surface area contributed by atoms with E-state index in [9.17, 15) is 82.1 Å². The molecule has 15 amide bonds. The third-order valence-corrected chi connectivity index (χ3v) is 22.1. The third kappa shape index (κ3) is 31.1. The van der Waals surface area contributed by atoms with Crippen molar-refractivity contribution in [1.82, 2.24) is 77.3 Å². The summed E-state index contributed by atoms with van der Waals surface area (Å²) in [6.07, 6.45) is 1.51. The summed E-state index contributed by atoms with van der Waals surface area (Å²) in [6.45, 7) is 3.13. The Balaban J connectivity index is 1.03. The minimum atomic E-state index is -1.68. The number of aliphatic carboxylic acids is 1. The summed E-state index contributed by atoms with van der Waals surface area (Å²) in [5.74, 6) is -15.2. The number of fused-ring (bicyclic) bond motifs is 1. The van der Waals surface area contributed by atoms with E-state index in [4.69, 9.17) is 22.6 Å². The SMILES string of the molecule is CCCC(=O)N(C)[C@@H](Cc1ccccc1)C(=O)N1CCC[C@H]1C(=O)N[C@@H](CSCC(=O)N[C@@H](Cc1ccccc1)C(=O)NC(C(=O)N[C@@H](CCC(=O)O)C(=O)N(C)CC(=O)N[C@@H](Cc1ccc(O)cc1)C(=O)N(C)[C@@H](Cc1ccccc1)C(=O)N(C)CC(=O)N[C@@H](CCCNC(=N)N)C(=O)N[C@@H](Cc1c[nH]c2ccccc12)C(N)=O)C(C)C)C(=O)NCC(N)=O. The second-order valence-electron chi connectivity index (χ2n) is 31.1. The lowest BCUT2D eigenvalue weighted by atomic mass is 10.00. The Labute approximate surface area is 728 Å². The number of aromatic nitrogens is 1. The number of guanidine groups is 1. The second-order valence-corrected chi connectivity index (χ2v) is 32.1. The number of likely N-dealkylation sites (tertiary alicyclic amines) is 1. The van der Waals surface area contributed by atoms with Gasteiger partial charge in [0, 0.05) is 109 Å². The van der Waals surface area contributed by atoms with Crippen molar-refractivity contribution in [2.24, 2.45) is 23.1 Å². The average Bonchev–Trinajstić information content (AvgIpc) is 1.77. The van der Waals surface area contributed by atoms with Gasteiger partial charge in [0.2, 0.25) is 88.6 Å². The van der Waals surface area contributed by atoms with E-state index in [-0.39, 0.29) is 94.2 Å². The lowest BCUT2D eigenvalue weighted by molar-refractivity contribution is -0.147. The Morgan fingerprint density at radius 1 is 0.544 bits per heavy atom. The first-order valence-electron chi connectivity index (χ1n) is 41.1. The molecule has 1 unspecified atom stereocenters. The minimum absolute atomic E-state index is 0.0101. The molecule has 0 saturated carbocycles. The summed E-state index contributed by atoms with van der Waals surface area (Å²) in [5, 5.41) is 52.1. The zero-order chi connectivity index (χ0) is 91.6. The van der Waals surface area contributed by atoms with Gasteiger partial charge in [0.05, 0.1) is 25.4 Å². The molecule has 1 saturated heterocycles. The van der Waals surface area contributed by atoms with E-state index in [1.807, 2.05) is 49.4 Å². The summed E-state index contributed by atoms with van der Waals surface area (Å²) >= 11 is 0.865. The number of benzene rings is 5. The zero-order valence-corrected chi connectivity index (χ0v) is 72.0. The van der Waals surface area contributed by atoms with Crippen LogP contribution in [-0.2, 0) is 109 Å². The molecule has 0 radical (unpaired) electrons. The smallest absolute Gasteiger partial charge is 0.303 e. The number of hydrogen-bond donors (Lipinski definition) is 16. The van der Waals surface area contributed by atoms with Crippen molar-refractivity contribution in [3.8, 4) is 5.75 Å². The Bertz CT molecular complexity index is 4760. The Morgan fingerprint density at radius 3 is 1.67 bits per heavy atom. The molecule has 125 heavy (non-hydrogen) atoms. The van der Waals surface area contributed by atoms with Gasteiger partial charge in [-0.3, -0.25) is 82.1 Å².